The minimum absolute atomic E-state index is 0.0195. The number of rotatable bonds is 8. The lowest BCUT2D eigenvalue weighted by Gasteiger charge is -2.16. The van der Waals surface area contributed by atoms with Crippen LogP contribution in [0.15, 0.2) is 35.5 Å². The fourth-order valence-corrected chi connectivity index (χ4v) is 3.35. The van der Waals surface area contributed by atoms with E-state index >= 15 is 0 Å². The van der Waals surface area contributed by atoms with E-state index in [-0.39, 0.29) is 30.5 Å². The van der Waals surface area contributed by atoms with Gasteiger partial charge in [0, 0.05) is 19.5 Å². The number of nitrogens with zero attached hydrogens (tertiary/aromatic N) is 3. The highest BCUT2D eigenvalue weighted by Crippen LogP contribution is 2.49. The maximum absolute atomic E-state index is 13.2. The molecule has 8 nitrogen and oxygen atoms in total. The molecule has 160 valence electrons. The van der Waals surface area contributed by atoms with Crippen LogP contribution in [-0.4, -0.2) is 34.0 Å². The Balaban J connectivity index is 1.73. The quantitative estimate of drug-likeness (QED) is 0.295. The van der Waals surface area contributed by atoms with Gasteiger partial charge in [0.25, 0.3) is 6.43 Å². The first-order valence-electron chi connectivity index (χ1n) is 9.46. The van der Waals surface area contributed by atoms with Gasteiger partial charge < -0.3 is 15.9 Å². The Morgan fingerprint density at radius 1 is 1.37 bits per heavy atom. The summed E-state index contributed by atoms with van der Waals surface area (Å²) >= 11 is 0. The predicted molar refractivity (Wildman–Crippen MR) is 105 cm³/mol. The first-order chi connectivity index (χ1) is 14.2. The van der Waals surface area contributed by atoms with E-state index in [0.29, 0.717) is 0 Å². The zero-order valence-electron chi connectivity index (χ0n) is 16.7. The van der Waals surface area contributed by atoms with Crippen LogP contribution in [0.1, 0.15) is 53.5 Å². The number of halogens is 2. The molecule has 1 fully saturated rings. The Morgan fingerprint density at radius 3 is 2.67 bits per heavy atom. The van der Waals surface area contributed by atoms with Gasteiger partial charge in [0.05, 0.1) is 12.0 Å². The maximum Gasteiger partial charge on any atom is 0.385 e. The van der Waals surface area contributed by atoms with Gasteiger partial charge in [0.2, 0.25) is 5.91 Å². The van der Waals surface area contributed by atoms with Crippen molar-refractivity contribution in [1.29, 1.82) is 0 Å². The Bertz CT molecular complexity index is 983. The average Bonchev–Trinajstić information content (AvgIpc) is 3.39. The Hall–Kier alpha value is -3.30. The summed E-state index contributed by atoms with van der Waals surface area (Å²) in [5.41, 5.74) is 6.93. The van der Waals surface area contributed by atoms with Crippen LogP contribution in [-0.2, 0) is 21.6 Å². The molecule has 2 aromatic rings. The Morgan fingerprint density at radius 2 is 2.07 bits per heavy atom. The molecule has 1 aromatic heterocycles. The number of carbonyl (C=O) groups excluding carboxylic acids is 2. The van der Waals surface area contributed by atoms with Crippen molar-refractivity contribution in [2.45, 2.75) is 45.1 Å². The molecular weight excluding hydrogens is 396 g/mol. The molecule has 10 heteroatoms. The number of nitrogens with one attached hydrogen (secondary N) is 1. The molecule has 0 atom stereocenters. The second-order valence-corrected chi connectivity index (χ2v) is 7.21. The number of hydrogen-bond acceptors (Lipinski definition) is 5. The summed E-state index contributed by atoms with van der Waals surface area (Å²) in [4.78, 5) is 28.1. The van der Waals surface area contributed by atoms with E-state index in [4.69, 9.17) is 10.6 Å². The lowest BCUT2D eigenvalue weighted by Crippen LogP contribution is -2.30. The first kappa shape index (κ1) is 21.4. The van der Waals surface area contributed by atoms with Crippen molar-refractivity contribution in [2.75, 3.05) is 6.54 Å². The highest BCUT2D eigenvalue weighted by Gasteiger charge is 2.49. The third-order valence-corrected chi connectivity index (χ3v) is 5.07. The minimum atomic E-state index is -2.85. The van der Waals surface area contributed by atoms with E-state index in [1.54, 1.807) is 0 Å². The van der Waals surface area contributed by atoms with Crippen LogP contribution in [0.5, 0.6) is 0 Å². The van der Waals surface area contributed by atoms with Crippen LogP contribution >= 0.6 is 0 Å². The van der Waals surface area contributed by atoms with E-state index in [1.165, 1.54) is 6.92 Å². The molecule has 1 aromatic carbocycles. The Labute approximate surface area is 172 Å². The topological polar surface area (TPSA) is 112 Å². The van der Waals surface area contributed by atoms with Crippen molar-refractivity contribution >= 4 is 17.7 Å². The van der Waals surface area contributed by atoms with E-state index in [2.05, 4.69) is 15.6 Å². The highest BCUT2D eigenvalue weighted by molar-refractivity contribution is 5.95. The van der Waals surface area contributed by atoms with Gasteiger partial charge in [0.15, 0.2) is 11.5 Å². The summed E-state index contributed by atoms with van der Waals surface area (Å²) < 4.78 is 27.5. The number of amidine groups is 1. The molecule has 3 N–H and O–H groups in total. The largest absolute Gasteiger partial charge is 0.385 e. The molecule has 0 saturated heterocycles. The molecule has 1 amide bonds. The van der Waals surface area contributed by atoms with Gasteiger partial charge in [-0.1, -0.05) is 29.4 Å². The summed E-state index contributed by atoms with van der Waals surface area (Å²) in [5, 5.41) is 10.1. The van der Waals surface area contributed by atoms with Crippen molar-refractivity contribution in [1.82, 2.24) is 15.1 Å². The fourth-order valence-electron chi connectivity index (χ4n) is 3.35. The summed E-state index contributed by atoms with van der Waals surface area (Å²) in [5.74, 6) is -1.13. The number of aryl methyl sites for hydroxylation is 1. The molecule has 0 radical (unpaired) electrons. The SMILES string of the molecule is CC(=O)NCCn1nc(C(=O)O/N=C(\N)C2(c3ccccc3C)CC2)cc1C(F)F. The van der Waals surface area contributed by atoms with Crippen molar-refractivity contribution in [3.63, 3.8) is 0 Å². The third-order valence-electron chi connectivity index (χ3n) is 5.07. The average molecular weight is 419 g/mol. The molecule has 30 heavy (non-hydrogen) atoms. The van der Waals surface area contributed by atoms with Crippen molar-refractivity contribution in [3.8, 4) is 0 Å². The van der Waals surface area contributed by atoms with Crippen LogP contribution in [0.25, 0.3) is 0 Å². The zero-order chi connectivity index (χ0) is 21.9. The molecule has 0 aliphatic heterocycles. The summed E-state index contributed by atoms with van der Waals surface area (Å²) in [6.45, 7) is 3.35. The number of aromatic nitrogens is 2. The second-order valence-electron chi connectivity index (χ2n) is 7.21. The van der Waals surface area contributed by atoms with Crippen LogP contribution in [0.2, 0.25) is 0 Å². The van der Waals surface area contributed by atoms with E-state index in [9.17, 15) is 18.4 Å². The third kappa shape index (κ3) is 4.47. The van der Waals surface area contributed by atoms with Gasteiger partial charge in [-0.25, -0.2) is 13.6 Å². The molecule has 1 heterocycles. The molecule has 0 unspecified atom stereocenters. The maximum atomic E-state index is 13.2. The molecule has 3 rings (SSSR count). The van der Waals surface area contributed by atoms with Crippen molar-refractivity contribution in [2.24, 2.45) is 10.9 Å². The molecule has 1 saturated carbocycles. The van der Waals surface area contributed by atoms with E-state index in [0.717, 1.165) is 34.7 Å². The highest BCUT2D eigenvalue weighted by atomic mass is 19.3. The predicted octanol–water partition coefficient (Wildman–Crippen LogP) is 2.43. The summed E-state index contributed by atoms with van der Waals surface area (Å²) in [7, 11) is 0. The van der Waals surface area contributed by atoms with Gasteiger partial charge in [0.1, 0.15) is 5.69 Å². The summed E-state index contributed by atoms with van der Waals surface area (Å²) in [6.07, 6.45) is -1.29. The molecule has 1 aliphatic carbocycles. The normalized spacial score (nSPS) is 15.2. The van der Waals surface area contributed by atoms with E-state index in [1.807, 2.05) is 31.2 Å². The molecule has 0 bridgehead atoms. The van der Waals surface area contributed by atoms with Gasteiger partial charge >= 0.3 is 5.97 Å². The van der Waals surface area contributed by atoms with Crippen LogP contribution in [0.4, 0.5) is 8.78 Å². The number of benzene rings is 1. The van der Waals surface area contributed by atoms with Crippen molar-refractivity contribution in [3.05, 3.63) is 52.8 Å². The number of amides is 1. The standard InChI is InChI=1S/C20H23F2N5O3/c1-12-5-3-4-6-14(12)20(7-8-20)19(23)26-30-18(29)15-11-16(17(21)22)27(25-15)10-9-24-13(2)28/h3-6,11,17H,7-10H2,1-2H3,(H2,23,26)(H,24,28). The van der Waals surface area contributed by atoms with Gasteiger partial charge in [-0.05, 0) is 30.9 Å². The lowest BCUT2D eigenvalue weighted by molar-refractivity contribution is -0.119. The number of nitrogens with two attached hydrogens (primary N) is 1. The number of carbonyl (C=O) groups is 2. The number of alkyl halides is 2. The molecule has 1 aliphatic rings. The lowest BCUT2D eigenvalue weighted by atomic mass is 9.91. The van der Waals surface area contributed by atoms with Gasteiger partial charge in [-0.15, -0.1) is 0 Å². The first-order valence-corrected chi connectivity index (χ1v) is 9.46. The van der Waals surface area contributed by atoms with Crippen LogP contribution in [0.3, 0.4) is 0 Å². The molecular formula is C20H23F2N5O3. The number of hydrogen-bond donors (Lipinski definition) is 2. The Kier molecular flexibility index (Phi) is 6.14. The van der Waals surface area contributed by atoms with Gasteiger partial charge in [-0.2, -0.15) is 5.10 Å². The fraction of sp³-hybridized carbons (Fsp3) is 0.400. The smallest absolute Gasteiger partial charge is 0.384 e. The minimum Gasteiger partial charge on any atom is -0.384 e. The van der Waals surface area contributed by atoms with E-state index < -0.39 is 23.5 Å². The van der Waals surface area contributed by atoms with Crippen LogP contribution in [0, 0.1) is 6.92 Å². The van der Waals surface area contributed by atoms with Gasteiger partial charge in [-0.3, -0.25) is 9.48 Å². The summed E-state index contributed by atoms with van der Waals surface area (Å²) in [6, 6.07) is 8.69. The number of oxime groups is 1. The monoisotopic (exact) mass is 419 g/mol. The second kappa shape index (κ2) is 8.60. The van der Waals surface area contributed by atoms with Crippen LogP contribution < -0.4 is 11.1 Å². The van der Waals surface area contributed by atoms with Crippen molar-refractivity contribution < 1.29 is 23.2 Å². The zero-order valence-corrected chi connectivity index (χ0v) is 16.7. The molecule has 0 spiro atoms.